The second-order valence-electron chi connectivity index (χ2n) is 1.06. The average molecular weight is 186 g/mol. The number of hydrogen-bond acceptors (Lipinski definition) is 3. The Labute approximate surface area is 60.4 Å². The number of rotatable bonds is 1. The smallest absolute Gasteiger partial charge is 0.327 e. The maximum Gasteiger partial charge on any atom is 0.327 e. The number of hydrogen-bond donors (Lipinski definition) is 2. The van der Waals surface area contributed by atoms with Crippen LogP contribution in [0.5, 0.6) is 0 Å². The van der Waals surface area contributed by atoms with Gasteiger partial charge in [-0.15, -0.1) is 0 Å². The van der Waals surface area contributed by atoms with Gasteiger partial charge in [0, 0.05) is 14.5 Å². The fourth-order valence-electron chi connectivity index (χ4n) is 0. The molecule has 0 aromatic heterocycles. The normalized spacial score (nSPS) is 9.00. The summed E-state index contributed by atoms with van der Waals surface area (Å²) < 4.78 is 25.8. The van der Waals surface area contributed by atoms with E-state index in [-0.39, 0.29) is 0 Å². The maximum atomic E-state index is 9.25. The van der Waals surface area contributed by atoms with E-state index in [0.29, 0.717) is 0 Å². The zero-order chi connectivity index (χ0) is 8.78. The van der Waals surface area contributed by atoms with Crippen molar-refractivity contribution in [3.63, 3.8) is 0 Å². The molecule has 2 N–H and O–H groups in total. The Kier molecular flexibility index (Phi) is 6.54. The lowest BCUT2D eigenvalue weighted by Crippen LogP contribution is -1.82. The first kappa shape index (κ1) is 12.2. The van der Waals surface area contributed by atoms with Crippen LogP contribution in [0.1, 0.15) is 0 Å². The van der Waals surface area contributed by atoms with Crippen molar-refractivity contribution in [3.05, 3.63) is 12.7 Å². The molecule has 5 nitrogen and oxygen atoms in total. The predicted octanol–water partition coefficient (Wildman–Crippen LogP) is -0.0787. The summed E-state index contributed by atoms with van der Waals surface area (Å²) in [5.41, 5.74) is 0. The van der Waals surface area contributed by atoms with Crippen LogP contribution in [0.3, 0.4) is 0 Å². The van der Waals surface area contributed by atoms with Gasteiger partial charge in [0.05, 0.1) is 0 Å². The lowest BCUT2D eigenvalue weighted by atomic mass is 10.7. The first-order valence-corrected chi connectivity index (χ1v) is 4.79. The van der Waals surface area contributed by atoms with E-state index in [1.807, 2.05) is 0 Å². The van der Waals surface area contributed by atoms with Crippen LogP contribution < -0.4 is 0 Å². The molecule has 1 unspecified atom stereocenters. The van der Waals surface area contributed by atoms with E-state index >= 15 is 0 Å². The summed E-state index contributed by atoms with van der Waals surface area (Å²) in [7, 11) is -2.51. The highest BCUT2D eigenvalue weighted by Gasteiger charge is 1.81. The fraction of sp³-hybridized carbons (Fsp3) is 0. The molecule has 10 heavy (non-hydrogen) atoms. The number of carboxylic acids is 1. The van der Waals surface area contributed by atoms with Crippen molar-refractivity contribution in [2.24, 2.45) is 0 Å². The zero-order valence-electron chi connectivity index (χ0n) is 4.89. The molecule has 1 atom stereocenters. The van der Waals surface area contributed by atoms with Crippen LogP contribution in [-0.4, -0.2) is 24.0 Å². The van der Waals surface area contributed by atoms with Crippen molar-refractivity contribution in [1.82, 2.24) is 0 Å². The van der Waals surface area contributed by atoms with E-state index in [2.05, 4.69) is 6.58 Å². The highest BCUT2D eigenvalue weighted by Crippen LogP contribution is 1.89. The quantitative estimate of drug-likeness (QED) is 0.339. The Morgan fingerprint density at radius 1 is 1.60 bits per heavy atom. The second kappa shape index (κ2) is 5.34. The molecule has 0 aliphatic heterocycles. The number of carboxylic acid groups (broad SMARTS) is 1. The van der Waals surface area contributed by atoms with E-state index in [0.717, 1.165) is 6.08 Å². The molecule has 0 aromatic rings. The molecule has 0 saturated carbocycles. The monoisotopic (exact) mass is 186 g/mol. The van der Waals surface area contributed by atoms with E-state index < -0.39 is 15.7 Å². The van der Waals surface area contributed by atoms with E-state index in [1.54, 1.807) is 0 Å². The van der Waals surface area contributed by atoms with Gasteiger partial charge in [-0.2, -0.15) is 8.42 Å². The number of carbonyl (C=O) groups is 1. The molecule has 0 radical (unpaired) electrons. The van der Waals surface area contributed by atoms with Crippen LogP contribution in [-0.2, 0) is 14.5 Å². The molecule has 0 aromatic carbocycles. The summed E-state index contributed by atoms with van der Waals surface area (Å²) in [5, 5.41) is 7.60. The Morgan fingerprint density at radius 2 is 1.70 bits per heavy atom. The van der Waals surface area contributed by atoms with Gasteiger partial charge in [-0.25, -0.2) is 4.79 Å². The SMILES string of the molecule is C=CC(=O)O.O=S(=O)(O)P. The van der Waals surface area contributed by atoms with Gasteiger partial charge >= 0.3 is 5.97 Å². The van der Waals surface area contributed by atoms with Crippen molar-refractivity contribution in [2.75, 3.05) is 0 Å². The summed E-state index contributed by atoms with van der Waals surface area (Å²) in [5.74, 6) is -0.981. The van der Waals surface area contributed by atoms with Crippen LogP contribution in [0.25, 0.3) is 0 Å². The second-order valence-corrected chi connectivity index (χ2v) is 3.87. The Bertz CT molecular complexity index is 197. The Morgan fingerprint density at radius 3 is 1.70 bits per heavy atom. The molecule has 60 valence electrons. The molecule has 0 aliphatic rings. The van der Waals surface area contributed by atoms with Crippen molar-refractivity contribution in [2.45, 2.75) is 0 Å². The zero-order valence-corrected chi connectivity index (χ0v) is 6.86. The standard InChI is InChI=1S/C3H4O2.H3O3PS/c1-2-3(4)5;1-5(2,3)4/h2H,1H2,(H,4,5);4H2,(H,1,2,3). The van der Waals surface area contributed by atoms with Gasteiger partial charge in [0.25, 0.3) is 9.74 Å². The maximum absolute atomic E-state index is 9.25. The van der Waals surface area contributed by atoms with Crippen molar-refractivity contribution in [1.29, 1.82) is 0 Å². The molecule has 0 fully saturated rings. The third kappa shape index (κ3) is 135. The molecular formula is C3H7O5PS. The fourth-order valence-corrected chi connectivity index (χ4v) is 0. The molecule has 0 amide bonds. The van der Waals surface area contributed by atoms with Gasteiger partial charge in [-0.05, 0) is 0 Å². The van der Waals surface area contributed by atoms with Crippen molar-refractivity contribution in [3.8, 4) is 0 Å². The minimum atomic E-state index is -3.75. The first-order chi connectivity index (χ1) is 4.27. The van der Waals surface area contributed by atoms with Crippen LogP contribution >= 0.6 is 8.44 Å². The summed E-state index contributed by atoms with van der Waals surface area (Å²) in [6.07, 6.45) is 0.833. The molecule has 0 rings (SSSR count). The van der Waals surface area contributed by atoms with Crippen LogP contribution in [0.2, 0.25) is 0 Å². The topological polar surface area (TPSA) is 91.7 Å². The largest absolute Gasteiger partial charge is 0.478 e. The minimum absolute atomic E-state index is 0.833. The summed E-state index contributed by atoms with van der Waals surface area (Å²) >= 11 is 0. The van der Waals surface area contributed by atoms with E-state index in [9.17, 15) is 4.79 Å². The van der Waals surface area contributed by atoms with Gasteiger partial charge in [0.2, 0.25) is 0 Å². The predicted molar refractivity (Wildman–Crippen MR) is 39.1 cm³/mol. The molecule has 0 aliphatic carbocycles. The lowest BCUT2D eigenvalue weighted by molar-refractivity contribution is -0.131. The molecule has 7 heteroatoms. The average Bonchev–Trinajstić information content (AvgIpc) is 1.61. The van der Waals surface area contributed by atoms with Crippen LogP contribution in [0, 0.1) is 0 Å². The first-order valence-electron chi connectivity index (χ1n) is 1.88. The highest BCUT2D eigenvalue weighted by atomic mass is 32.7. The molecule has 0 bridgehead atoms. The van der Waals surface area contributed by atoms with E-state index in [1.165, 1.54) is 8.44 Å². The molecule has 0 spiro atoms. The summed E-state index contributed by atoms with van der Waals surface area (Å²) in [4.78, 5) is 9.25. The van der Waals surface area contributed by atoms with Gasteiger partial charge in [-0.1, -0.05) is 6.58 Å². The van der Waals surface area contributed by atoms with E-state index in [4.69, 9.17) is 18.1 Å². The number of aliphatic carboxylic acids is 1. The molecule has 0 saturated heterocycles. The lowest BCUT2D eigenvalue weighted by Gasteiger charge is -1.69. The van der Waals surface area contributed by atoms with Gasteiger partial charge in [0.1, 0.15) is 0 Å². The van der Waals surface area contributed by atoms with Crippen molar-refractivity contribution < 1.29 is 22.9 Å². The third-order valence-electron chi connectivity index (χ3n) is 0.175. The van der Waals surface area contributed by atoms with Crippen LogP contribution in [0.15, 0.2) is 12.7 Å². The van der Waals surface area contributed by atoms with Gasteiger partial charge < -0.3 is 5.11 Å². The minimum Gasteiger partial charge on any atom is -0.478 e. The Balaban J connectivity index is 0. The van der Waals surface area contributed by atoms with Crippen molar-refractivity contribution >= 4 is 24.1 Å². The van der Waals surface area contributed by atoms with Gasteiger partial charge in [-0.3, -0.25) is 4.55 Å². The van der Waals surface area contributed by atoms with Gasteiger partial charge in [0.15, 0.2) is 0 Å². The summed E-state index contributed by atoms with van der Waals surface area (Å²) in [6, 6.07) is 0. The third-order valence-corrected chi connectivity index (χ3v) is 0.175. The molecular weight excluding hydrogens is 179 g/mol. The highest BCUT2D eigenvalue weighted by molar-refractivity contribution is 8.34. The summed E-state index contributed by atoms with van der Waals surface area (Å²) in [6.45, 7) is 2.96. The molecule has 0 heterocycles. The Hall–Kier alpha value is -0.450. The van der Waals surface area contributed by atoms with Crippen LogP contribution in [0.4, 0.5) is 0 Å².